The summed E-state index contributed by atoms with van der Waals surface area (Å²) in [7, 11) is 0. The van der Waals surface area contributed by atoms with Gasteiger partial charge in [0.1, 0.15) is 0 Å². The van der Waals surface area contributed by atoms with E-state index < -0.39 is 5.60 Å². The number of amides is 1. The van der Waals surface area contributed by atoms with Gasteiger partial charge in [-0.05, 0) is 30.5 Å². The van der Waals surface area contributed by atoms with Gasteiger partial charge in [-0.2, -0.15) is 0 Å². The second-order valence-electron chi connectivity index (χ2n) is 5.76. The second-order valence-corrected chi connectivity index (χ2v) is 6.75. The first-order valence-electron chi connectivity index (χ1n) is 7.64. The number of thioether (sulfide) groups is 1. The molecule has 0 radical (unpaired) electrons. The number of aliphatic hydroxyl groups is 1. The van der Waals surface area contributed by atoms with Gasteiger partial charge < -0.3 is 10.4 Å². The minimum atomic E-state index is -0.693. The van der Waals surface area contributed by atoms with Crippen molar-refractivity contribution in [1.82, 2.24) is 10.3 Å². The summed E-state index contributed by atoms with van der Waals surface area (Å²) in [4.78, 5) is 15.8. The monoisotopic (exact) mass is 308 g/mol. The van der Waals surface area contributed by atoms with E-state index in [4.69, 9.17) is 0 Å². The molecule has 5 heteroatoms. The predicted molar refractivity (Wildman–Crippen MR) is 86.1 cm³/mol. The van der Waals surface area contributed by atoms with Crippen LogP contribution in [0.15, 0.2) is 24.5 Å². The van der Waals surface area contributed by atoms with E-state index in [1.165, 1.54) is 18.4 Å². The highest BCUT2D eigenvalue weighted by Crippen LogP contribution is 2.26. The van der Waals surface area contributed by atoms with Crippen LogP contribution >= 0.6 is 11.8 Å². The van der Waals surface area contributed by atoms with Crippen molar-refractivity contribution in [2.24, 2.45) is 0 Å². The molecule has 116 valence electrons. The Balaban J connectivity index is 1.65. The highest BCUT2D eigenvalue weighted by molar-refractivity contribution is 7.99. The Labute approximate surface area is 130 Å². The van der Waals surface area contributed by atoms with Gasteiger partial charge in [-0.15, -0.1) is 11.8 Å². The molecule has 0 saturated heterocycles. The standard InChI is InChI=1S/C16H24N2O2S/c19-15(12-21-11-14-5-9-17-10-6-14)18-13-16(20)7-3-1-2-4-8-16/h5-6,9-10,20H,1-4,7-8,11-13H2,(H,18,19). The molecule has 1 aliphatic carbocycles. The van der Waals surface area contributed by atoms with Gasteiger partial charge in [0, 0.05) is 24.7 Å². The first kappa shape index (κ1) is 16.3. The highest BCUT2D eigenvalue weighted by Gasteiger charge is 2.28. The van der Waals surface area contributed by atoms with E-state index in [1.807, 2.05) is 12.1 Å². The Morgan fingerprint density at radius 1 is 1.24 bits per heavy atom. The molecule has 21 heavy (non-hydrogen) atoms. The fourth-order valence-electron chi connectivity index (χ4n) is 2.62. The maximum absolute atomic E-state index is 11.8. The van der Waals surface area contributed by atoms with E-state index in [2.05, 4.69) is 10.3 Å². The number of pyridine rings is 1. The van der Waals surface area contributed by atoms with Crippen LogP contribution in [0.1, 0.15) is 44.1 Å². The van der Waals surface area contributed by atoms with Crippen LogP contribution < -0.4 is 5.32 Å². The molecule has 0 aromatic carbocycles. The van der Waals surface area contributed by atoms with Crippen LogP contribution in [0.3, 0.4) is 0 Å². The first-order chi connectivity index (χ1) is 10.2. The predicted octanol–water partition coefficient (Wildman–Crippen LogP) is 2.52. The molecular formula is C16H24N2O2S. The van der Waals surface area contributed by atoms with Gasteiger partial charge in [0.05, 0.1) is 11.4 Å². The quantitative estimate of drug-likeness (QED) is 0.793. The van der Waals surface area contributed by atoms with Crippen molar-refractivity contribution in [2.45, 2.75) is 49.9 Å². The molecule has 1 aliphatic rings. The minimum Gasteiger partial charge on any atom is -0.388 e. The summed E-state index contributed by atoms with van der Waals surface area (Å²) in [5, 5.41) is 13.4. The molecule has 1 heterocycles. The van der Waals surface area contributed by atoms with Crippen molar-refractivity contribution in [3.05, 3.63) is 30.1 Å². The number of carbonyl (C=O) groups is 1. The summed E-state index contributed by atoms with van der Waals surface area (Å²) in [6.07, 6.45) is 9.63. The van der Waals surface area contributed by atoms with Crippen LogP contribution in [0.5, 0.6) is 0 Å². The van der Waals surface area contributed by atoms with Crippen molar-refractivity contribution in [3.8, 4) is 0 Å². The second kappa shape index (κ2) is 8.39. The molecular weight excluding hydrogens is 284 g/mol. The molecule has 1 fully saturated rings. The number of hydrogen-bond donors (Lipinski definition) is 2. The van der Waals surface area contributed by atoms with E-state index in [9.17, 15) is 9.90 Å². The van der Waals surface area contributed by atoms with Crippen LogP contribution in [-0.2, 0) is 10.5 Å². The summed E-state index contributed by atoms with van der Waals surface area (Å²) in [5.41, 5.74) is 0.479. The normalized spacial score (nSPS) is 18.0. The molecule has 0 atom stereocenters. The Morgan fingerprint density at radius 2 is 1.90 bits per heavy atom. The SMILES string of the molecule is O=C(CSCc1ccncc1)NCC1(O)CCCCCC1. The molecule has 0 aliphatic heterocycles. The third kappa shape index (κ3) is 6.06. The Kier molecular flexibility index (Phi) is 6.51. The number of aromatic nitrogens is 1. The maximum atomic E-state index is 11.8. The van der Waals surface area contributed by atoms with E-state index in [0.29, 0.717) is 12.3 Å². The molecule has 2 rings (SSSR count). The molecule has 1 amide bonds. The van der Waals surface area contributed by atoms with Gasteiger partial charge in [0.2, 0.25) is 5.91 Å². The van der Waals surface area contributed by atoms with Crippen molar-refractivity contribution < 1.29 is 9.90 Å². The molecule has 1 saturated carbocycles. The minimum absolute atomic E-state index is 0.00623. The topological polar surface area (TPSA) is 62.2 Å². The number of hydrogen-bond acceptors (Lipinski definition) is 4. The summed E-state index contributed by atoms with van der Waals surface area (Å²) in [6, 6.07) is 3.91. The number of nitrogens with zero attached hydrogens (tertiary/aromatic N) is 1. The number of rotatable bonds is 6. The highest BCUT2D eigenvalue weighted by atomic mass is 32.2. The van der Waals surface area contributed by atoms with E-state index in [-0.39, 0.29) is 5.91 Å². The van der Waals surface area contributed by atoms with Crippen molar-refractivity contribution in [1.29, 1.82) is 0 Å². The fraction of sp³-hybridized carbons (Fsp3) is 0.625. The lowest BCUT2D eigenvalue weighted by atomic mass is 9.94. The summed E-state index contributed by atoms with van der Waals surface area (Å²) < 4.78 is 0. The largest absolute Gasteiger partial charge is 0.388 e. The zero-order chi connectivity index (χ0) is 15.0. The lowest BCUT2D eigenvalue weighted by molar-refractivity contribution is -0.120. The molecule has 0 unspecified atom stereocenters. The summed E-state index contributed by atoms with van der Waals surface area (Å²) in [5.74, 6) is 1.24. The summed E-state index contributed by atoms with van der Waals surface area (Å²) >= 11 is 1.58. The van der Waals surface area contributed by atoms with Crippen molar-refractivity contribution in [3.63, 3.8) is 0 Å². The third-order valence-corrected chi connectivity index (χ3v) is 4.90. The van der Waals surface area contributed by atoms with Crippen molar-refractivity contribution >= 4 is 17.7 Å². The van der Waals surface area contributed by atoms with Gasteiger partial charge in [0.15, 0.2) is 0 Å². The van der Waals surface area contributed by atoms with Crippen molar-refractivity contribution in [2.75, 3.05) is 12.3 Å². The maximum Gasteiger partial charge on any atom is 0.230 e. The number of carbonyl (C=O) groups excluding carboxylic acids is 1. The van der Waals surface area contributed by atoms with Crippen LogP contribution in [0.25, 0.3) is 0 Å². The Hall–Kier alpha value is -1.07. The van der Waals surface area contributed by atoms with Crippen LogP contribution in [0.2, 0.25) is 0 Å². The van der Waals surface area contributed by atoms with E-state index in [0.717, 1.165) is 31.4 Å². The zero-order valence-corrected chi connectivity index (χ0v) is 13.2. The number of nitrogens with one attached hydrogen (secondary N) is 1. The molecule has 1 aromatic heterocycles. The van der Waals surface area contributed by atoms with Crippen LogP contribution in [-0.4, -0.2) is 33.9 Å². The van der Waals surface area contributed by atoms with Gasteiger partial charge in [0.25, 0.3) is 0 Å². The lowest BCUT2D eigenvalue weighted by Crippen LogP contribution is -2.43. The van der Waals surface area contributed by atoms with Gasteiger partial charge in [-0.3, -0.25) is 9.78 Å². The molecule has 0 bridgehead atoms. The molecule has 4 nitrogen and oxygen atoms in total. The molecule has 1 aromatic rings. The average Bonchev–Trinajstić information content (AvgIpc) is 2.72. The fourth-order valence-corrected chi connectivity index (χ4v) is 3.44. The van der Waals surface area contributed by atoms with E-state index >= 15 is 0 Å². The van der Waals surface area contributed by atoms with Gasteiger partial charge in [-0.1, -0.05) is 25.7 Å². The lowest BCUT2D eigenvalue weighted by Gasteiger charge is -2.26. The first-order valence-corrected chi connectivity index (χ1v) is 8.79. The third-order valence-electron chi connectivity index (χ3n) is 3.90. The zero-order valence-electron chi connectivity index (χ0n) is 12.4. The average molecular weight is 308 g/mol. The van der Waals surface area contributed by atoms with E-state index in [1.54, 1.807) is 24.2 Å². The summed E-state index contributed by atoms with van der Waals surface area (Å²) in [6.45, 7) is 0.391. The van der Waals surface area contributed by atoms with Gasteiger partial charge in [-0.25, -0.2) is 0 Å². The molecule has 2 N–H and O–H groups in total. The van der Waals surface area contributed by atoms with Gasteiger partial charge >= 0.3 is 0 Å². The Bertz CT molecular complexity index is 431. The van der Waals surface area contributed by atoms with Crippen LogP contribution in [0, 0.1) is 0 Å². The molecule has 0 spiro atoms. The smallest absolute Gasteiger partial charge is 0.230 e. The van der Waals surface area contributed by atoms with Crippen LogP contribution in [0.4, 0.5) is 0 Å². The Morgan fingerprint density at radius 3 is 2.57 bits per heavy atom.